The maximum Gasteiger partial charge on any atom is 0.229 e. The molecule has 0 saturated carbocycles. The van der Waals surface area contributed by atoms with Crippen LogP contribution in [0.4, 0.5) is 23.4 Å². The second-order valence-corrected chi connectivity index (χ2v) is 9.11. The Kier molecular flexibility index (Phi) is 5.55. The van der Waals surface area contributed by atoms with Crippen molar-refractivity contribution in [3.63, 3.8) is 0 Å². The molecule has 3 aliphatic rings. The quantitative estimate of drug-likeness (QED) is 0.579. The third-order valence-electron chi connectivity index (χ3n) is 6.81. The number of rotatable bonds is 5. The summed E-state index contributed by atoms with van der Waals surface area (Å²) in [5.74, 6) is 3.36. The van der Waals surface area contributed by atoms with Crippen LogP contribution in [0, 0.1) is 0 Å². The minimum atomic E-state index is 0.312. The zero-order valence-electron chi connectivity index (χ0n) is 19.0. The van der Waals surface area contributed by atoms with Gasteiger partial charge in [-0.25, -0.2) is 4.98 Å². The molecule has 9 nitrogen and oxygen atoms in total. The monoisotopic (exact) mass is 445 g/mol. The first-order chi connectivity index (χ1) is 16.3. The van der Waals surface area contributed by atoms with Gasteiger partial charge in [0.2, 0.25) is 5.95 Å². The van der Waals surface area contributed by atoms with Crippen molar-refractivity contribution < 1.29 is 0 Å². The number of hydrogen-bond donors (Lipinski definition) is 2. The van der Waals surface area contributed by atoms with Crippen molar-refractivity contribution in [2.75, 3.05) is 54.4 Å². The molecular formula is C24H31N9. The van der Waals surface area contributed by atoms with Crippen molar-refractivity contribution in [3.05, 3.63) is 36.7 Å². The molecule has 2 N–H and O–H groups in total. The molecule has 3 aromatic heterocycles. The van der Waals surface area contributed by atoms with E-state index in [0.717, 1.165) is 86.4 Å². The van der Waals surface area contributed by atoms with E-state index < -0.39 is 0 Å². The van der Waals surface area contributed by atoms with E-state index in [1.165, 1.54) is 19.3 Å². The van der Waals surface area contributed by atoms with Crippen LogP contribution in [-0.2, 0) is 0 Å². The van der Waals surface area contributed by atoms with Crippen LogP contribution in [0.3, 0.4) is 0 Å². The SMILES string of the molecule is C1=CC(n2ncc3cnc(Nc4cc(N5CCNCC5)nc(N5CCCC5)n4)cc32)CCC1. The van der Waals surface area contributed by atoms with Gasteiger partial charge in [-0.2, -0.15) is 15.1 Å². The molecule has 1 aliphatic carbocycles. The van der Waals surface area contributed by atoms with Gasteiger partial charge in [0.05, 0.1) is 17.8 Å². The predicted molar refractivity (Wildman–Crippen MR) is 131 cm³/mol. The molecule has 0 spiro atoms. The third kappa shape index (κ3) is 4.25. The molecular weight excluding hydrogens is 414 g/mol. The van der Waals surface area contributed by atoms with Crippen LogP contribution in [0.5, 0.6) is 0 Å². The predicted octanol–water partition coefficient (Wildman–Crippen LogP) is 3.26. The first kappa shape index (κ1) is 20.4. The summed E-state index contributed by atoms with van der Waals surface area (Å²) in [6.45, 7) is 5.89. The number of nitrogens with zero attached hydrogens (tertiary/aromatic N) is 7. The molecule has 1 atom stereocenters. The Bertz CT molecular complexity index is 1140. The van der Waals surface area contributed by atoms with Gasteiger partial charge in [-0.1, -0.05) is 12.2 Å². The van der Waals surface area contributed by atoms with Gasteiger partial charge in [0.25, 0.3) is 0 Å². The second kappa shape index (κ2) is 8.97. The topological polar surface area (TPSA) is 87.0 Å². The van der Waals surface area contributed by atoms with Gasteiger partial charge in [-0.05, 0) is 32.1 Å². The van der Waals surface area contributed by atoms with Crippen LogP contribution < -0.4 is 20.4 Å². The molecule has 2 fully saturated rings. The lowest BCUT2D eigenvalue weighted by Gasteiger charge is -2.29. The number of piperazine rings is 1. The summed E-state index contributed by atoms with van der Waals surface area (Å²) in [6.07, 6.45) is 14.2. The number of fused-ring (bicyclic) bond motifs is 1. The molecule has 172 valence electrons. The highest BCUT2D eigenvalue weighted by atomic mass is 15.3. The van der Waals surface area contributed by atoms with E-state index in [9.17, 15) is 0 Å². The largest absolute Gasteiger partial charge is 0.354 e. The van der Waals surface area contributed by atoms with E-state index in [4.69, 9.17) is 9.97 Å². The van der Waals surface area contributed by atoms with Crippen molar-refractivity contribution in [2.45, 2.75) is 38.1 Å². The summed E-state index contributed by atoms with van der Waals surface area (Å²) in [5, 5.41) is 12.6. The Morgan fingerprint density at radius 2 is 1.79 bits per heavy atom. The lowest BCUT2D eigenvalue weighted by atomic mass is 10.0. The Labute approximate surface area is 193 Å². The van der Waals surface area contributed by atoms with Crippen molar-refractivity contribution in [1.82, 2.24) is 30.0 Å². The molecule has 2 aliphatic heterocycles. The maximum atomic E-state index is 4.93. The molecule has 0 aromatic carbocycles. The van der Waals surface area contributed by atoms with Crippen LogP contribution in [-0.4, -0.2) is 64.0 Å². The number of pyridine rings is 1. The normalized spacial score (nSPS) is 21.2. The molecule has 2 saturated heterocycles. The smallest absolute Gasteiger partial charge is 0.229 e. The summed E-state index contributed by atoms with van der Waals surface area (Å²) < 4.78 is 2.12. The molecule has 5 heterocycles. The second-order valence-electron chi connectivity index (χ2n) is 9.11. The van der Waals surface area contributed by atoms with Gasteiger partial charge in [0.1, 0.15) is 17.5 Å². The van der Waals surface area contributed by atoms with E-state index in [1.807, 2.05) is 12.4 Å². The van der Waals surface area contributed by atoms with Crippen molar-refractivity contribution in [2.24, 2.45) is 0 Å². The Balaban J connectivity index is 1.32. The number of aromatic nitrogens is 5. The lowest BCUT2D eigenvalue weighted by molar-refractivity contribution is 0.487. The maximum absolute atomic E-state index is 4.93. The highest BCUT2D eigenvalue weighted by Gasteiger charge is 2.20. The Hall–Kier alpha value is -3.20. The van der Waals surface area contributed by atoms with Crippen LogP contribution in [0.2, 0.25) is 0 Å². The number of anilines is 4. The van der Waals surface area contributed by atoms with Crippen molar-refractivity contribution in [1.29, 1.82) is 0 Å². The first-order valence-electron chi connectivity index (χ1n) is 12.2. The van der Waals surface area contributed by atoms with E-state index in [-0.39, 0.29) is 0 Å². The van der Waals surface area contributed by atoms with Crippen molar-refractivity contribution >= 4 is 34.3 Å². The molecule has 6 rings (SSSR count). The van der Waals surface area contributed by atoms with E-state index in [2.05, 4.69) is 59.5 Å². The van der Waals surface area contributed by atoms with E-state index in [0.29, 0.717) is 6.04 Å². The molecule has 9 heteroatoms. The van der Waals surface area contributed by atoms with Crippen LogP contribution in [0.15, 0.2) is 36.7 Å². The summed E-state index contributed by atoms with van der Waals surface area (Å²) in [4.78, 5) is 19.1. The average Bonchev–Trinajstić information content (AvgIpc) is 3.55. The fraction of sp³-hybridized carbons (Fsp3) is 0.500. The van der Waals surface area contributed by atoms with Gasteiger partial charge in [-0.3, -0.25) is 4.68 Å². The third-order valence-corrected chi connectivity index (χ3v) is 6.81. The fourth-order valence-corrected chi connectivity index (χ4v) is 5.00. The minimum absolute atomic E-state index is 0.312. The lowest BCUT2D eigenvalue weighted by Crippen LogP contribution is -2.44. The molecule has 0 bridgehead atoms. The van der Waals surface area contributed by atoms with Crippen LogP contribution in [0.1, 0.15) is 38.1 Å². The molecule has 3 aromatic rings. The van der Waals surface area contributed by atoms with E-state index >= 15 is 0 Å². The summed E-state index contributed by atoms with van der Waals surface area (Å²) in [6, 6.07) is 4.46. The van der Waals surface area contributed by atoms with Gasteiger partial charge >= 0.3 is 0 Å². The van der Waals surface area contributed by atoms with E-state index in [1.54, 1.807) is 0 Å². The fourth-order valence-electron chi connectivity index (χ4n) is 5.00. The Morgan fingerprint density at radius 1 is 0.909 bits per heavy atom. The average molecular weight is 446 g/mol. The van der Waals surface area contributed by atoms with Crippen molar-refractivity contribution in [3.8, 4) is 0 Å². The summed E-state index contributed by atoms with van der Waals surface area (Å²) in [7, 11) is 0. The zero-order valence-corrected chi connectivity index (χ0v) is 19.0. The van der Waals surface area contributed by atoms with Crippen LogP contribution >= 0.6 is 0 Å². The van der Waals surface area contributed by atoms with Gasteiger partial charge in [0, 0.05) is 63.0 Å². The number of hydrogen-bond acceptors (Lipinski definition) is 8. The number of nitrogens with one attached hydrogen (secondary N) is 2. The zero-order chi connectivity index (χ0) is 22.0. The minimum Gasteiger partial charge on any atom is -0.354 e. The molecule has 33 heavy (non-hydrogen) atoms. The number of allylic oxidation sites excluding steroid dienone is 2. The van der Waals surface area contributed by atoms with Gasteiger partial charge in [0.15, 0.2) is 0 Å². The Morgan fingerprint density at radius 3 is 2.61 bits per heavy atom. The first-order valence-corrected chi connectivity index (χ1v) is 12.2. The van der Waals surface area contributed by atoms with Gasteiger partial charge in [-0.15, -0.1) is 0 Å². The standard InChI is InChI=1S/C24H31N9/c1-2-6-19(7-3-1)33-20-14-21(26-16-18(20)17-27-33)28-22-15-23(31-12-8-25-9-13-31)30-24(29-22)32-10-4-5-11-32/h2,6,14-17,19,25H,1,3-5,7-13H2,(H,26,28,29,30). The summed E-state index contributed by atoms with van der Waals surface area (Å²) >= 11 is 0. The highest BCUT2D eigenvalue weighted by molar-refractivity contribution is 5.81. The molecule has 1 unspecified atom stereocenters. The van der Waals surface area contributed by atoms with Crippen LogP contribution in [0.25, 0.3) is 10.9 Å². The molecule has 0 radical (unpaired) electrons. The summed E-state index contributed by atoms with van der Waals surface area (Å²) in [5.41, 5.74) is 1.10. The van der Waals surface area contributed by atoms with Gasteiger partial charge < -0.3 is 20.4 Å². The highest BCUT2D eigenvalue weighted by Crippen LogP contribution is 2.29. The molecule has 0 amide bonds.